The monoisotopic (exact) mass is 153 g/mol. The summed E-state index contributed by atoms with van der Waals surface area (Å²) in [6.07, 6.45) is -4.16. The number of hydrogen-bond acceptors (Lipinski definition) is 1. The number of rotatable bonds is 0. The Morgan fingerprint density at radius 1 is 1.10 bits per heavy atom. The summed E-state index contributed by atoms with van der Waals surface area (Å²) in [4.78, 5) is 0.486. The Morgan fingerprint density at radius 2 is 1.60 bits per heavy atom. The Hall–Kier alpha value is -0.290. The van der Waals surface area contributed by atoms with Crippen LogP contribution in [0.25, 0.3) is 0 Å². The van der Waals surface area contributed by atoms with Gasteiger partial charge in [-0.2, -0.15) is 13.2 Å². The highest BCUT2D eigenvalue weighted by Gasteiger charge is 2.37. The number of nitrogens with zero attached hydrogens (tertiary/aromatic N) is 2. The largest absolute Gasteiger partial charge is 0.460 e. The van der Waals surface area contributed by atoms with E-state index in [1.165, 1.54) is 0 Å². The van der Waals surface area contributed by atoms with Crippen molar-refractivity contribution in [2.75, 3.05) is 26.2 Å². The van der Waals surface area contributed by atoms with Crippen molar-refractivity contribution in [1.82, 2.24) is 10.2 Å². The maximum absolute atomic E-state index is 11.8. The van der Waals surface area contributed by atoms with Crippen LogP contribution in [-0.4, -0.2) is 37.4 Å². The standard InChI is InChI=1S/C5H8F3N2/c6-5(7,8)10-3-1-9-2-4-10/h1-4H2. The molecule has 0 aromatic rings. The molecule has 0 aromatic heterocycles. The molecule has 1 heterocycles. The molecule has 1 saturated heterocycles. The number of halogens is 3. The molecule has 0 unspecified atom stereocenters. The maximum Gasteiger partial charge on any atom is 0.460 e. The van der Waals surface area contributed by atoms with E-state index in [4.69, 9.17) is 0 Å². The normalized spacial score (nSPS) is 23.1. The molecule has 2 nitrogen and oxygen atoms in total. The molecule has 1 rings (SSSR count). The second-order valence-electron chi connectivity index (χ2n) is 2.13. The van der Waals surface area contributed by atoms with Crippen LogP contribution in [0.15, 0.2) is 0 Å². The zero-order valence-electron chi connectivity index (χ0n) is 5.36. The summed E-state index contributed by atoms with van der Waals surface area (Å²) in [5, 5.41) is 3.80. The average Bonchev–Trinajstić information content (AvgIpc) is 1.88. The van der Waals surface area contributed by atoms with E-state index in [0.29, 0.717) is 18.0 Å². The second-order valence-corrected chi connectivity index (χ2v) is 2.13. The van der Waals surface area contributed by atoms with Gasteiger partial charge in [0.15, 0.2) is 0 Å². The predicted octanol–water partition coefficient (Wildman–Crippen LogP) is 0.426. The highest BCUT2D eigenvalue weighted by atomic mass is 19.4. The molecular formula is C5H8F3N2. The topological polar surface area (TPSA) is 17.3 Å². The fourth-order valence-electron chi connectivity index (χ4n) is 0.860. The lowest BCUT2D eigenvalue weighted by Gasteiger charge is -2.27. The third-order valence-corrected chi connectivity index (χ3v) is 1.41. The van der Waals surface area contributed by atoms with E-state index in [9.17, 15) is 13.2 Å². The lowest BCUT2D eigenvalue weighted by Crippen LogP contribution is -2.47. The minimum Gasteiger partial charge on any atom is -0.239 e. The lowest BCUT2D eigenvalue weighted by molar-refractivity contribution is -0.247. The molecular weight excluding hydrogens is 145 g/mol. The van der Waals surface area contributed by atoms with Crippen molar-refractivity contribution in [3.05, 3.63) is 0 Å². The molecule has 0 amide bonds. The first-order valence-corrected chi connectivity index (χ1v) is 3.06. The van der Waals surface area contributed by atoms with E-state index in [-0.39, 0.29) is 13.1 Å². The summed E-state index contributed by atoms with van der Waals surface area (Å²) < 4.78 is 35.5. The number of piperazine rings is 1. The van der Waals surface area contributed by atoms with Gasteiger partial charge >= 0.3 is 6.30 Å². The average molecular weight is 153 g/mol. The molecule has 0 saturated carbocycles. The minimum absolute atomic E-state index is 0.0174. The van der Waals surface area contributed by atoms with Gasteiger partial charge in [-0.1, -0.05) is 0 Å². The van der Waals surface area contributed by atoms with Crippen LogP contribution in [0.1, 0.15) is 0 Å². The first kappa shape index (κ1) is 7.81. The van der Waals surface area contributed by atoms with Crippen molar-refractivity contribution in [1.29, 1.82) is 0 Å². The summed E-state index contributed by atoms with van der Waals surface area (Å²) in [7, 11) is 0. The number of hydrogen-bond donors (Lipinski definition) is 0. The van der Waals surface area contributed by atoms with E-state index in [2.05, 4.69) is 5.32 Å². The van der Waals surface area contributed by atoms with Gasteiger partial charge in [0.25, 0.3) is 0 Å². The van der Waals surface area contributed by atoms with Crippen LogP contribution >= 0.6 is 0 Å². The summed E-state index contributed by atoms with van der Waals surface area (Å²) >= 11 is 0. The first-order valence-electron chi connectivity index (χ1n) is 3.06. The van der Waals surface area contributed by atoms with Gasteiger partial charge in [0, 0.05) is 26.2 Å². The predicted molar refractivity (Wildman–Crippen MR) is 29.5 cm³/mol. The quantitative estimate of drug-likeness (QED) is 0.461. The number of alkyl halides is 3. The lowest BCUT2D eigenvalue weighted by atomic mass is 10.4. The summed E-state index contributed by atoms with van der Waals surface area (Å²) in [6.45, 7) is 0.645. The Kier molecular flexibility index (Phi) is 2.15. The zero-order chi connectivity index (χ0) is 7.61. The van der Waals surface area contributed by atoms with E-state index < -0.39 is 6.30 Å². The van der Waals surface area contributed by atoms with Crippen molar-refractivity contribution >= 4 is 0 Å². The summed E-state index contributed by atoms with van der Waals surface area (Å²) in [6, 6.07) is 0. The molecule has 0 aromatic carbocycles. The van der Waals surface area contributed by atoms with Gasteiger partial charge < -0.3 is 0 Å². The first-order chi connectivity index (χ1) is 4.61. The summed E-state index contributed by atoms with van der Waals surface area (Å²) in [5.74, 6) is 0. The van der Waals surface area contributed by atoms with Gasteiger partial charge in [0.2, 0.25) is 0 Å². The van der Waals surface area contributed by atoms with Crippen LogP contribution in [0.5, 0.6) is 0 Å². The molecule has 59 valence electrons. The molecule has 0 atom stereocenters. The Labute approximate surface area is 57.0 Å². The minimum atomic E-state index is -4.16. The van der Waals surface area contributed by atoms with Crippen LogP contribution < -0.4 is 5.32 Å². The van der Waals surface area contributed by atoms with Gasteiger partial charge in [0.1, 0.15) is 0 Å². The fraction of sp³-hybridized carbons (Fsp3) is 1.00. The van der Waals surface area contributed by atoms with Crippen LogP contribution in [0.4, 0.5) is 13.2 Å². The van der Waals surface area contributed by atoms with E-state index in [1.54, 1.807) is 0 Å². The van der Waals surface area contributed by atoms with Crippen molar-refractivity contribution in [3.8, 4) is 0 Å². The smallest absolute Gasteiger partial charge is 0.239 e. The Bertz CT molecular complexity index is 106. The van der Waals surface area contributed by atoms with Crippen LogP contribution in [0.2, 0.25) is 0 Å². The van der Waals surface area contributed by atoms with Gasteiger partial charge in [-0.05, 0) is 0 Å². The van der Waals surface area contributed by atoms with Gasteiger partial charge in [-0.25, -0.2) is 10.2 Å². The van der Waals surface area contributed by atoms with Crippen LogP contribution in [0, 0.1) is 0 Å². The van der Waals surface area contributed by atoms with Crippen LogP contribution in [-0.2, 0) is 0 Å². The van der Waals surface area contributed by atoms with Gasteiger partial charge in [-0.15, -0.1) is 0 Å². The summed E-state index contributed by atoms with van der Waals surface area (Å²) in [5.41, 5.74) is 0. The van der Waals surface area contributed by atoms with E-state index in [0.717, 1.165) is 0 Å². The van der Waals surface area contributed by atoms with Crippen molar-refractivity contribution in [2.24, 2.45) is 0 Å². The molecule has 1 aliphatic heterocycles. The molecule has 1 fully saturated rings. The zero-order valence-corrected chi connectivity index (χ0v) is 5.36. The van der Waals surface area contributed by atoms with E-state index >= 15 is 0 Å². The van der Waals surface area contributed by atoms with Gasteiger partial charge in [-0.3, -0.25) is 0 Å². The molecule has 0 N–H and O–H groups in total. The van der Waals surface area contributed by atoms with Crippen molar-refractivity contribution in [2.45, 2.75) is 6.30 Å². The Balaban J connectivity index is 2.39. The van der Waals surface area contributed by atoms with E-state index in [1.807, 2.05) is 0 Å². The van der Waals surface area contributed by atoms with Crippen LogP contribution in [0.3, 0.4) is 0 Å². The third kappa shape index (κ3) is 1.85. The SMILES string of the molecule is FC(F)(F)N1CC[N]CC1. The van der Waals surface area contributed by atoms with Crippen molar-refractivity contribution < 1.29 is 13.2 Å². The molecule has 0 spiro atoms. The van der Waals surface area contributed by atoms with Crippen molar-refractivity contribution in [3.63, 3.8) is 0 Å². The molecule has 1 aliphatic rings. The molecule has 5 heteroatoms. The third-order valence-electron chi connectivity index (χ3n) is 1.41. The second kappa shape index (κ2) is 2.75. The maximum atomic E-state index is 11.8. The molecule has 10 heavy (non-hydrogen) atoms. The van der Waals surface area contributed by atoms with Gasteiger partial charge in [0.05, 0.1) is 0 Å². The Morgan fingerprint density at radius 3 is 1.90 bits per heavy atom. The molecule has 1 radical (unpaired) electrons. The highest BCUT2D eigenvalue weighted by Crippen LogP contribution is 2.20. The molecule has 0 aliphatic carbocycles. The molecule has 0 bridgehead atoms. The fourth-order valence-corrected chi connectivity index (χ4v) is 0.860. The highest BCUT2D eigenvalue weighted by molar-refractivity contribution is 4.68.